The van der Waals surface area contributed by atoms with Crippen LogP contribution in [0, 0.1) is 0 Å². The van der Waals surface area contributed by atoms with Gasteiger partial charge in [-0.1, -0.05) is 35.9 Å². The topological polar surface area (TPSA) is 114 Å². The molecule has 214 valence electrons. The van der Waals surface area contributed by atoms with Gasteiger partial charge in [-0.15, -0.1) is 0 Å². The molecule has 4 aromatic heterocycles. The second-order valence-electron chi connectivity index (χ2n) is 10.4. The van der Waals surface area contributed by atoms with E-state index in [-0.39, 0.29) is 35.1 Å². The van der Waals surface area contributed by atoms with E-state index in [1.54, 1.807) is 28.8 Å². The van der Waals surface area contributed by atoms with Crippen LogP contribution in [0.15, 0.2) is 47.8 Å². The van der Waals surface area contributed by atoms with Gasteiger partial charge in [0.2, 0.25) is 5.88 Å². The number of ether oxygens (including phenoxy) is 1. The molecule has 0 spiro atoms. The molecule has 0 saturated heterocycles. The number of alkyl halides is 3. The first-order chi connectivity index (χ1) is 20.2. The van der Waals surface area contributed by atoms with Gasteiger partial charge in [-0.3, -0.25) is 9.36 Å². The summed E-state index contributed by atoms with van der Waals surface area (Å²) in [5.74, 6) is 1.13. The predicted octanol–water partition coefficient (Wildman–Crippen LogP) is 5.45. The molecular weight excluding hydrogens is 573 g/mol. The summed E-state index contributed by atoms with van der Waals surface area (Å²) in [6.45, 7) is 0.0804. The highest BCUT2D eigenvalue weighted by Gasteiger charge is 2.37. The summed E-state index contributed by atoms with van der Waals surface area (Å²) in [6, 6.07) is 6.88. The standard InChI is InChI=1S/C28H22ClF3N8O2/c1-42-26-20(21(15-6-7-15)34-13-35-26)23-33-10-18-25(38-23)40(27(41)22(29)36-18)11-14-2-4-16(5-3-14)24-37-19(28(30,31)32)12-39(24)17-8-9-17/h2-5,10,12-13,15,17H,6-9,11H2,1H3. The van der Waals surface area contributed by atoms with E-state index in [2.05, 4.69) is 24.9 Å². The molecule has 42 heavy (non-hydrogen) atoms. The Hall–Kier alpha value is -4.39. The van der Waals surface area contributed by atoms with E-state index >= 15 is 0 Å². The van der Waals surface area contributed by atoms with Gasteiger partial charge in [-0.2, -0.15) is 13.2 Å². The zero-order valence-corrected chi connectivity index (χ0v) is 22.9. The van der Waals surface area contributed by atoms with Gasteiger partial charge in [0.15, 0.2) is 22.3 Å². The monoisotopic (exact) mass is 594 g/mol. The van der Waals surface area contributed by atoms with Gasteiger partial charge < -0.3 is 9.30 Å². The summed E-state index contributed by atoms with van der Waals surface area (Å²) in [5, 5.41) is -0.235. The third kappa shape index (κ3) is 4.77. The molecule has 1 aromatic carbocycles. The van der Waals surface area contributed by atoms with Crippen molar-refractivity contribution >= 4 is 22.8 Å². The fourth-order valence-corrected chi connectivity index (χ4v) is 5.20. The van der Waals surface area contributed by atoms with Crippen LogP contribution in [0.1, 0.15) is 54.6 Å². The van der Waals surface area contributed by atoms with E-state index in [0.717, 1.165) is 37.6 Å². The summed E-state index contributed by atoms with van der Waals surface area (Å²) in [7, 11) is 1.51. The maximum atomic E-state index is 13.4. The summed E-state index contributed by atoms with van der Waals surface area (Å²) < 4.78 is 48.6. The molecule has 2 fully saturated rings. The van der Waals surface area contributed by atoms with Gasteiger partial charge in [0.05, 0.1) is 25.5 Å². The average molecular weight is 595 g/mol. The first kappa shape index (κ1) is 26.5. The van der Waals surface area contributed by atoms with Gasteiger partial charge in [0, 0.05) is 23.7 Å². The number of rotatable bonds is 7. The van der Waals surface area contributed by atoms with Gasteiger partial charge in [-0.05, 0) is 31.2 Å². The summed E-state index contributed by atoms with van der Waals surface area (Å²) in [5.41, 5.74) is 1.69. The molecule has 2 saturated carbocycles. The minimum absolute atomic E-state index is 0.00938. The fraction of sp³-hybridized carbons (Fsp3) is 0.321. The lowest BCUT2D eigenvalue weighted by atomic mass is 10.1. The first-order valence-electron chi connectivity index (χ1n) is 13.3. The lowest BCUT2D eigenvalue weighted by molar-refractivity contribution is -0.140. The third-order valence-corrected chi connectivity index (χ3v) is 7.63. The van der Waals surface area contributed by atoms with Crippen LogP contribution in [-0.4, -0.2) is 46.1 Å². The van der Waals surface area contributed by atoms with Gasteiger partial charge in [0.25, 0.3) is 5.56 Å². The number of halogens is 4. The third-order valence-electron chi connectivity index (χ3n) is 7.38. The van der Waals surface area contributed by atoms with Crippen LogP contribution in [0.3, 0.4) is 0 Å². The Labute approximate surface area is 241 Å². The highest BCUT2D eigenvalue weighted by Crippen LogP contribution is 2.45. The van der Waals surface area contributed by atoms with Crippen molar-refractivity contribution in [3.8, 4) is 28.7 Å². The van der Waals surface area contributed by atoms with Crippen molar-refractivity contribution in [2.24, 2.45) is 0 Å². The number of methoxy groups -OCH3 is 1. The van der Waals surface area contributed by atoms with Crippen LogP contribution in [0.2, 0.25) is 5.15 Å². The highest BCUT2D eigenvalue weighted by molar-refractivity contribution is 6.29. The molecule has 2 aliphatic rings. The molecule has 2 aliphatic carbocycles. The summed E-state index contributed by atoms with van der Waals surface area (Å²) in [4.78, 5) is 39.1. The molecule has 0 N–H and O–H groups in total. The number of aromatic nitrogens is 8. The van der Waals surface area contributed by atoms with Gasteiger partial charge in [-0.25, -0.2) is 29.9 Å². The van der Waals surface area contributed by atoms with Crippen molar-refractivity contribution in [2.75, 3.05) is 7.11 Å². The normalized spacial score (nSPS) is 15.4. The summed E-state index contributed by atoms with van der Waals surface area (Å²) in [6.07, 6.45) is 3.06. The fourth-order valence-electron chi connectivity index (χ4n) is 5.00. The Morgan fingerprint density at radius 1 is 1.02 bits per heavy atom. The number of benzene rings is 1. The molecule has 10 nitrogen and oxygen atoms in total. The Bertz CT molecular complexity index is 1900. The molecule has 7 rings (SSSR count). The Morgan fingerprint density at radius 2 is 1.79 bits per heavy atom. The van der Waals surface area contributed by atoms with Crippen molar-refractivity contribution < 1.29 is 17.9 Å². The molecule has 0 amide bonds. The molecule has 4 heterocycles. The average Bonchev–Trinajstić information content (AvgIpc) is 3.93. The molecular formula is C28H22ClF3N8O2. The van der Waals surface area contributed by atoms with Crippen LogP contribution in [0.5, 0.6) is 5.88 Å². The smallest absolute Gasteiger partial charge is 0.434 e. The van der Waals surface area contributed by atoms with Crippen LogP contribution in [0.25, 0.3) is 33.9 Å². The maximum Gasteiger partial charge on any atom is 0.434 e. The van der Waals surface area contributed by atoms with Crippen molar-refractivity contribution in [1.29, 1.82) is 0 Å². The Balaban J connectivity index is 1.27. The van der Waals surface area contributed by atoms with E-state index in [1.165, 1.54) is 24.2 Å². The molecule has 0 aliphatic heterocycles. The molecule has 0 atom stereocenters. The number of hydrogen-bond acceptors (Lipinski definition) is 8. The lowest BCUT2D eigenvalue weighted by Crippen LogP contribution is -2.24. The number of imidazole rings is 1. The molecule has 14 heteroatoms. The van der Waals surface area contributed by atoms with E-state index in [0.29, 0.717) is 33.9 Å². The quantitative estimate of drug-likeness (QED) is 0.244. The number of nitrogens with zero attached hydrogens (tertiary/aromatic N) is 8. The Morgan fingerprint density at radius 3 is 2.45 bits per heavy atom. The highest BCUT2D eigenvalue weighted by atomic mass is 35.5. The van der Waals surface area contributed by atoms with Crippen molar-refractivity contribution in [1.82, 2.24) is 39.0 Å². The predicted molar refractivity (Wildman–Crippen MR) is 146 cm³/mol. The minimum Gasteiger partial charge on any atom is -0.480 e. The lowest BCUT2D eigenvalue weighted by Gasteiger charge is -2.13. The van der Waals surface area contributed by atoms with Crippen LogP contribution in [0.4, 0.5) is 13.2 Å². The van der Waals surface area contributed by atoms with Crippen molar-refractivity contribution in [2.45, 2.75) is 50.4 Å². The number of hydrogen-bond donors (Lipinski definition) is 0. The van der Waals surface area contributed by atoms with Crippen molar-refractivity contribution in [3.63, 3.8) is 0 Å². The van der Waals surface area contributed by atoms with E-state index in [4.69, 9.17) is 21.3 Å². The van der Waals surface area contributed by atoms with E-state index in [1.807, 2.05) is 0 Å². The maximum absolute atomic E-state index is 13.4. The number of fused-ring (bicyclic) bond motifs is 1. The molecule has 0 bridgehead atoms. The zero-order chi connectivity index (χ0) is 29.2. The minimum atomic E-state index is -4.53. The van der Waals surface area contributed by atoms with E-state index < -0.39 is 17.4 Å². The largest absolute Gasteiger partial charge is 0.480 e. The molecule has 0 unspecified atom stereocenters. The second kappa shape index (κ2) is 9.86. The van der Waals surface area contributed by atoms with Crippen molar-refractivity contribution in [3.05, 3.63) is 75.4 Å². The second-order valence-corrected chi connectivity index (χ2v) is 10.8. The SMILES string of the molecule is COc1ncnc(C2CC2)c1-c1ncc2nc(Cl)c(=O)n(Cc3ccc(-c4nc(C(F)(F)F)cn4C4CC4)cc3)c2n1. The molecule has 5 aromatic rings. The van der Waals surface area contributed by atoms with Gasteiger partial charge in [0.1, 0.15) is 23.2 Å². The summed E-state index contributed by atoms with van der Waals surface area (Å²) >= 11 is 6.19. The molecule has 0 radical (unpaired) electrons. The van der Waals surface area contributed by atoms with Crippen LogP contribution >= 0.6 is 11.6 Å². The van der Waals surface area contributed by atoms with Crippen LogP contribution < -0.4 is 10.3 Å². The van der Waals surface area contributed by atoms with Gasteiger partial charge >= 0.3 is 6.18 Å². The van der Waals surface area contributed by atoms with Crippen LogP contribution in [-0.2, 0) is 12.7 Å². The first-order valence-corrected chi connectivity index (χ1v) is 13.7. The van der Waals surface area contributed by atoms with E-state index in [9.17, 15) is 18.0 Å². The Kier molecular flexibility index (Phi) is 6.22. The zero-order valence-electron chi connectivity index (χ0n) is 22.1.